The van der Waals surface area contributed by atoms with Gasteiger partial charge < -0.3 is 54.7 Å². The van der Waals surface area contributed by atoms with Gasteiger partial charge in [0, 0.05) is 7.11 Å². The van der Waals surface area contributed by atoms with E-state index in [0.717, 1.165) is 0 Å². The molecule has 0 radical (unpaired) electrons. The Hall–Kier alpha value is -0.440. The number of hydrogen-bond acceptors (Lipinski definition) is 11. The van der Waals surface area contributed by atoms with Crippen LogP contribution in [0.15, 0.2) is 0 Å². The minimum atomic E-state index is -1.62. The summed E-state index contributed by atoms with van der Waals surface area (Å²) in [6.45, 7) is -0.850. The Bertz CT molecular complexity index is 396. The molecule has 10 unspecified atom stereocenters. The number of hydrogen-bond donors (Lipinski definition) is 7. The van der Waals surface area contributed by atoms with Gasteiger partial charge >= 0.3 is 0 Å². The predicted molar refractivity (Wildman–Crippen MR) is 73.4 cm³/mol. The molecule has 2 rings (SSSR count). The second-order valence-electron chi connectivity index (χ2n) is 5.81. The van der Waals surface area contributed by atoms with Crippen LogP contribution in [0.5, 0.6) is 0 Å². The van der Waals surface area contributed by atoms with Gasteiger partial charge in [0.05, 0.1) is 13.2 Å². The smallest absolute Gasteiger partial charge is 0.187 e. The molecule has 0 spiro atoms. The van der Waals surface area contributed by atoms with E-state index in [4.69, 9.17) is 24.1 Å². The van der Waals surface area contributed by atoms with Gasteiger partial charge in [0.2, 0.25) is 0 Å². The molecule has 2 aliphatic rings. The molecule has 11 nitrogen and oxygen atoms in total. The molecule has 2 saturated heterocycles. The first-order valence-electron chi connectivity index (χ1n) is 7.46. The molecule has 2 heterocycles. The SMILES string of the molecule is COCC(O)C1OC(O)C(OC2OC(C(O)CO)C(O)C2O)C1O. The molecule has 2 fully saturated rings. The lowest BCUT2D eigenvalue weighted by atomic mass is 10.1. The van der Waals surface area contributed by atoms with Gasteiger partial charge in [-0.1, -0.05) is 0 Å². The Morgan fingerprint density at radius 2 is 1.54 bits per heavy atom. The zero-order chi connectivity index (χ0) is 18.0. The van der Waals surface area contributed by atoms with E-state index in [-0.39, 0.29) is 6.61 Å². The molecule has 0 amide bonds. The van der Waals surface area contributed by atoms with Crippen LogP contribution in [0.2, 0.25) is 0 Å². The van der Waals surface area contributed by atoms with Crippen molar-refractivity contribution < 1.29 is 54.7 Å². The summed E-state index contributed by atoms with van der Waals surface area (Å²) >= 11 is 0. The Balaban J connectivity index is 2.00. The van der Waals surface area contributed by atoms with Gasteiger partial charge in [-0.25, -0.2) is 0 Å². The third kappa shape index (κ3) is 3.86. The standard InChI is InChI=1S/C13H24O11/c1-21-3-5(16)10-8(19)11(12(20)22-10)24-13-7(18)6(17)9(23-13)4(15)2-14/h4-20H,2-3H2,1H3. The number of methoxy groups -OCH3 is 1. The van der Waals surface area contributed by atoms with Crippen molar-refractivity contribution in [3.05, 3.63) is 0 Å². The van der Waals surface area contributed by atoms with Crippen LogP contribution in [0, 0.1) is 0 Å². The summed E-state index contributed by atoms with van der Waals surface area (Å²) in [4.78, 5) is 0. The van der Waals surface area contributed by atoms with Crippen LogP contribution in [-0.2, 0) is 18.9 Å². The van der Waals surface area contributed by atoms with Gasteiger partial charge in [-0.15, -0.1) is 0 Å². The van der Waals surface area contributed by atoms with Gasteiger partial charge in [-0.05, 0) is 0 Å². The van der Waals surface area contributed by atoms with Crippen LogP contribution in [-0.4, -0.2) is 117 Å². The number of rotatable bonds is 7. The fourth-order valence-electron chi connectivity index (χ4n) is 2.77. The van der Waals surface area contributed by atoms with E-state index < -0.39 is 68.0 Å². The highest BCUT2D eigenvalue weighted by atomic mass is 16.7. The monoisotopic (exact) mass is 356 g/mol. The third-order valence-electron chi connectivity index (χ3n) is 4.08. The lowest BCUT2D eigenvalue weighted by molar-refractivity contribution is -0.240. The Morgan fingerprint density at radius 3 is 2.12 bits per heavy atom. The van der Waals surface area contributed by atoms with Crippen LogP contribution in [0.1, 0.15) is 0 Å². The summed E-state index contributed by atoms with van der Waals surface area (Å²) < 4.78 is 20.2. The van der Waals surface area contributed by atoms with E-state index in [1.165, 1.54) is 7.11 Å². The van der Waals surface area contributed by atoms with Crippen molar-refractivity contribution in [3.63, 3.8) is 0 Å². The second kappa shape index (κ2) is 8.29. The largest absolute Gasteiger partial charge is 0.394 e. The second-order valence-corrected chi connectivity index (χ2v) is 5.81. The van der Waals surface area contributed by atoms with Crippen molar-refractivity contribution in [1.82, 2.24) is 0 Å². The van der Waals surface area contributed by atoms with Crippen LogP contribution >= 0.6 is 0 Å². The topological polar surface area (TPSA) is 179 Å². The Morgan fingerprint density at radius 1 is 0.917 bits per heavy atom. The Kier molecular flexibility index (Phi) is 6.87. The molecule has 0 aromatic heterocycles. The van der Waals surface area contributed by atoms with Gasteiger partial charge in [-0.2, -0.15) is 0 Å². The molecule has 2 aliphatic heterocycles. The first-order valence-corrected chi connectivity index (χ1v) is 7.46. The average Bonchev–Trinajstić information content (AvgIpc) is 2.99. The van der Waals surface area contributed by atoms with Crippen molar-refractivity contribution in [2.24, 2.45) is 0 Å². The minimum Gasteiger partial charge on any atom is -0.394 e. The van der Waals surface area contributed by atoms with Crippen molar-refractivity contribution in [2.75, 3.05) is 20.3 Å². The normalized spacial score (nSPS) is 45.5. The first kappa shape index (κ1) is 19.9. The van der Waals surface area contributed by atoms with E-state index in [1.807, 2.05) is 0 Å². The van der Waals surface area contributed by atoms with Crippen molar-refractivity contribution in [2.45, 2.75) is 61.4 Å². The number of aliphatic hydroxyl groups excluding tert-OH is 7. The van der Waals surface area contributed by atoms with Gasteiger partial charge in [0.1, 0.15) is 48.8 Å². The van der Waals surface area contributed by atoms with Crippen LogP contribution < -0.4 is 0 Å². The molecular weight excluding hydrogens is 332 g/mol. The van der Waals surface area contributed by atoms with E-state index >= 15 is 0 Å². The molecule has 142 valence electrons. The fraction of sp³-hybridized carbons (Fsp3) is 1.00. The molecule has 0 bridgehead atoms. The quantitative estimate of drug-likeness (QED) is 0.233. The maximum Gasteiger partial charge on any atom is 0.187 e. The molecule has 0 aromatic carbocycles. The lowest BCUT2D eigenvalue weighted by Gasteiger charge is -2.25. The zero-order valence-corrected chi connectivity index (χ0v) is 13.0. The maximum absolute atomic E-state index is 10.1. The van der Waals surface area contributed by atoms with Gasteiger partial charge in [0.15, 0.2) is 12.6 Å². The van der Waals surface area contributed by atoms with E-state index in [0.29, 0.717) is 0 Å². The van der Waals surface area contributed by atoms with E-state index in [2.05, 4.69) is 0 Å². The van der Waals surface area contributed by atoms with Crippen molar-refractivity contribution >= 4 is 0 Å². The highest BCUT2D eigenvalue weighted by Crippen LogP contribution is 2.31. The van der Waals surface area contributed by atoms with Gasteiger partial charge in [0.25, 0.3) is 0 Å². The summed E-state index contributed by atoms with van der Waals surface area (Å²) in [6, 6.07) is 0. The molecule has 0 aromatic rings. The molecule has 24 heavy (non-hydrogen) atoms. The average molecular weight is 356 g/mol. The van der Waals surface area contributed by atoms with E-state index in [9.17, 15) is 30.6 Å². The highest BCUT2D eigenvalue weighted by Gasteiger charge is 2.52. The minimum absolute atomic E-state index is 0.146. The summed E-state index contributed by atoms with van der Waals surface area (Å²) in [5, 5.41) is 67.9. The Labute approximate surface area is 137 Å². The van der Waals surface area contributed by atoms with Crippen LogP contribution in [0.4, 0.5) is 0 Å². The summed E-state index contributed by atoms with van der Waals surface area (Å²) in [7, 11) is 1.34. The molecule has 0 aliphatic carbocycles. The summed E-state index contributed by atoms with van der Waals surface area (Å²) in [5.74, 6) is 0. The number of aliphatic hydroxyl groups is 7. The summed E-state index contributed by atoms with van der Waals surface area (Å²) in [6.07, 6.45) is -14.2. The molecule has 11 heteroatoms. The molecule has 10 atom stereocenters. The zero-order valence-electron chi connectivity index (χ0n) is 13.0. The highest BCUT2D eigenvalue weighted by molar-refractivity contribution is 4.95. The number of ether oxygens (including phenoxy) is 4. The van der Waals surface area contributed by atoms with Crippen LogP contribution in [0.25, 0.3) is 0 Å². The van der Waals surface area contributed by atoms with E-state index in [1.54, 1.807) is 0 Å². The van der Waals surface area contributed by atoms with Crippen molar-refractivity contribution in [3.8, 4) is 0 Å². The van der Waals surface area contributed by atoms with Crippen LogP contribution in [0.3, 0.4) is 0 Å². The first-order chi connectivity index (χ1) is 11.3. The summed E-state index contributed by atoms with van der Waals surface area (Å²) in [5.41, 5.74) is 0. The third-order valence-corrected chi connectivity index (χ3v) is 4.08. The fourth-order valence-corrected chi connectivity index (χ4v) is 2.77. The van der Waals surface area contributed by atoms with Gasteiger partial charge in [-0.3, -0.25) is 0 Å². The molecular formula is C13H24O11. The van der Waals surface area contributed by atoms with Crippen molar-refractivity contribution in [1.29, 1.82) is 0 Å². The predicted octanol–water partition coefficient (Wildman–Crippen LogP) is -4.74. The maximum atomic E-state index is 10.1. The molecule has 7 N–H and O–H groups in total. The molecule has 0 saturated carbocycles. The lowest BCUT2D eigenvalue weighted by Crippen LogP contribution is -2.45.